The van der Waals surface area contributed by atoms with Crippen molar-refractivity contribution < 1.29 is 0 Å². The second-order valence-electron chi connectivity index (χ2n) is 13.2. The van der Waals surface area contributed by atoms with E-state index < -0.39 is 0 Å². The van der Waals surface area contributed by atoms with E-state index >= 15 is 0 Å². The Morgan fingerprint density at radius 3 is 1.00 bits per heavy atom. The molecule has 8 heteroatoms. The lowest BCUT2D eigenvalue weighted by Gasteiger charge is -2.37. The fourth-order valence-electron chi connectivity index (χ4n) is 8.74. The third-order valence-corrected chi connectivity index (χ3v) is 11.3. The first-order valence-electron chi connectivity index (χ1n) is 16.9. The topological polar surface area (TPSA) is 13.0 Å². The SMILES string of the molecule is Clc1ccccc1N1B2c3ccccc3-c3ccccc3N2c2cc3c(cc21)N1B(c2ccccc2-c2ccccc21)N3c1ccccc1Cl. The summed E-state index contributed by atoms with van der Waals surface area (Å²) in [5.74, 6) is 0. The fraction of sp³-hybridized carbons (Fsp3) is 0. The van der Waals surface area contributed by atoms with Crippen molar-refractivity contribution >= 4 is 93.6 Å². The number of halogens is 2. The standard InChI is InChI=1S/C42H26B2Cl2N4/c45-33-19-7-11-23-37(33)49-41-26-40-42(25-39(41)47-35-21-9-3-15-29(35)27-13-1-5-17-31(27)43(47)49)50(38-24-12-8-20-34(38)46)44-32-18-6-2-14-28(32)30-16-4-10-22-36(30)48(40)44/h1-26H. The number of nitrogens with zero attached hydrogens (tertiary/aromatic N) is 4. The largest absolute Gasteiger partial charge is 0.421 e. The fourth-order valence-corrected chi connectivity index (χ4v) is 9.19. The van der Waals surface area contributed by atoms with Crippen molar-refractivity contribution in [2.75, 3.05) is 19.2 Å². The molecule has 0 radical (unpaired) electrons. The molecule has 7 aromatic carbocycles. The van der Waals surface area contributed by atoms with Crippen molar-refractivity contribution in [3.63, 3.8) is 0 Å². The summed E-state index contributed by atoms with van der Waals surface area (Å²) in [4.78, 5) is 9.87. The molecule has 0 aliphatic carbocycles. The van der Waals surface area contributed by atoms with E-state index in [-0.39, 0.29) is 14.0 Å². The van der Waals surface area contributed by atoms with Gasteiger partial charge in [0.2, 0.25) is 0 Å². The lowest BCUT2D eigenvalue weighted by atomic mass is 9.59. The molecule has 0 saturated carbocycles. The second kappa shape index (κ2) is 10.5. The first-order chi connectivity index (χ1) is 24.7. The molecule has 0 atom stereocenters. The van der Waals surface area contributed by atoms with Gasteiger partial charge in [-0.05, 0) is 70.6 Å². The van der Waals surface area contributed by atoms with Crippen molar-refractivity contribution in [1.29, 1.82) is 0 Å². The average molecular weight is 679 g/mol. The lowest BCUT2D eigenvalue weighted by molar-refractivity contribution is 1.36. The zero-order valence-electron chi connectivity index (χ0n) is 26.7. The Morgan fingerprint density at radius 2 is 0.600 bits per heavy atom. The number of hydrogen-bond acceptors (Lipinski definition) is 4. The minimum Gasteiger partial charge on any atom is -0.359 e. The molecule has 11 rings (SSSR count). The summed E-state index contributed by atoms with van der Waals surface area (Å²) in [6.07, 6.45) is 0. The molecule has 0 bridgehead atoms. The monoisotopic (exact) mass is 678 g/mol. The van der Waals surface area contributed by atoms with Crippen LogP contribution >= 0.6 is 23.2 Å². The molecule has 4 heterocycles. The van der Waals surface area contributed by atoms with E-state index in [1.54, 1.807) is 0 Å². The zero-order valence-corrected chi connectivity index (χ0v) is 28.2. The average Bonchev–Trinajstić information content (AvgIpc) is 3.68. The summed E-state index contributed by atoms with van der Waals surface area (Å²) in [6.45, 7) is -0.282. The predicted octanol–water partition coefficient (Wildman–Crippen LogP) is 10.3. The van der Waals surface area contributed by atoms with Gasteiger partial charge in [0.15, 0.2) is 0 Å². The van der Waals surface area contributed by atoms with E-state index in [0.29, 0.717) is 10.0 Å². The number of benzene rings is 7. The van der Waals surface area contributed by atoms with E-state index in [0.717, 1.165) is 34.1 Å². The van der Waals surface area contributed by atoms with Crippen molar-refractivity contribution in [2.45, 2.75) is 0 Å². The van der Waals surface area contributed by atoms with Gasteiger partial charge in [0.05, 0.1) is 32.8 Å². The summed E-state index contributed by atoms with van der Waals surface area (Å²) in [7, 11) is 0. The van der Waals surface area contributed by atoms with Crippen LogP contribution in [0.25, 0.3) is 22.3 Å². The van der Waals surface area contributed by atoms with Crippen molar-refractivity contribution in [2.24, 2.45) is 0 Å². The van der Waals surface area contributed by atoms with Crippen molar-refractivity contribution in [3.8, 4) is 22.3 Å². The molecule has 0 fully saturated rings. The Bertz CT molecular complexity index is 2380. The highest BCUT2D eigenvalue weighted by Crippen LogP contribution is 2.59. The van der Waals surface area contributed by atoms with Crippen LogP contribution in [0.5, 0.6) is 0 Å². The van der Waals surface area contributed by atoms with Crippen LogP contribution in [0.2, 0.25) is 10.0 Å². The molecule has 0 saturated heterocycles. The third kappa shape index (κ3) is 3.70. The molecule has 0 aromatic heterocycles. The molecule has 0 unspecified atom stereocenters. The van der Waals surface area contributed by atoms with Gasteiger partial charge < -0.3 is 19.2 Å². The van der Waals surface area contributed by atoms with Crippen LogP contribution in [0.15, 0.2) is 158 Å². The number of rotatable bonds is 2. The molecular formula is C42H26B2Cl2N4. The van der Waals surface area contributed by atoms with Gasteiger partial charge in [-0.2, -0.15) is 0 Å². The molecule has 0 N–H and O–H groups in total. The van der Waals surface area contributed by atoms with Gasteiger partial charge in [0.1, 0.15) is 0 Å². The van der Waals surface area contributed by atoms with Gasteiger partial charge in [-0.15, -0.1) is 0 Å². The Labute approximate surface area is 301 Å². The minimum atomic E-state index is -0.141. The number of anilines is 8. The Hall–Kier alpha value is -5.55. The molecule has 4 aliphatic heterocycles. The number of hydrogen-bond donors (Lipinski definition) is 0. The van der Waals surface area contributed by atoms with Gasteiger partial charge in [-0.1, -0.05) is 132 Å². The van der Waals surface area contributed by atoms with Gasteiger partial charge in [-0.3, -0.25) is 0 Å². The second-order valence-corrected chi connectivity index (χ2v) is 14.0. The maximum atomic E-state index is 7.11. The van der Waals surface area contributed by atoms with Crippen LogP contribution in [0.1, 0.15) is 0 Å². The zero-order chi connectivity index (χ0) is 33.1. The minimum absolute atomic E-state index is 0.141. The van der Waals surface area contributed by atoms with Crippen LogP contribution < -0.4 is 30.2 Å². The maximum absolute atomic E-state index is 7.11. The van der Waals surface area contributed by atoms with Gasteiger partial charge >= 0.3 is 14.0 Å². The van der Waals surface area contributed by atoms with Crippen LogP contribution in [0, 0.1) is 0 Å². The first-order valence-corrected chi connectivity index (χ1v) is 17.7. The van der Waals surface area contributed by atoms with Gasteiger partial charge in [0, 0.05) is 33.9 Å². The molecule has 0 amide bonds. The normalized spacial score (nSPS) is 14.4. The molecule has 4 nitrogen and oxygen atoms in total. The van der Waals surface area contributed by atoms with E-state index in [1.165, 1.54) is 44.6 Å². The van der Waals surface area contributed by atoms with Crippen molar-refractivity contribution in [1.82, 2.24) is 0 Å². The van der Waals surface area contributed by atoms with E-state index in [1.807, 2.05) is 24.3 Å². The highest BCUT2D eigenvalue weighted by Gasteiger charge is 2.53. The Balaban J connectivity index is 1.25. The molecule has 50 heavy (non-hydrogen) atoms. The third-order valence-electron chi connectivity index (χ3n) is 10.7. The lowest BCUT2D eigenvalue weighted by Crippen LogP contribution is -2.56. The molecule has 234 valence electrons. The van der Waals surface area contributed by atoms with Gasteiger partial charge in [0.25, 0.3) is 0 Å². The maximum Gasteiger partial charge on any atom is 0.421 e. The smallest absolute Gasteiger partial charge is 0.359 e. The molecule has 0 spiro atoms. The summed E-state index contributed by atoms with van der Waals surface area (Å²) in [5, 5.41) is 1.43. The quantitative estimate of drug-likeness (QED) is 0.169. The van der Waals surface area contributed by atoms with Crippen LogP contribution in [0.4, 0.5) is 45.5 Å². The Kier molecular flexibility index (Phi) is 5.93. The highest BCUT2D eigenvalue weighted by atomic mass is 35.5. The molecule has 7 aromatic rings. The number of fused-ring (bicyclic) bond motifs is 16. The summed E-state index contributed by atoms with van der Waals surface area (Å²) >= 11 is 14.2. The predicted molar refractivity (Wildman–Crippen MR) is 212 cm³/mol. The summed E-state index contributed by atoms with van der Waals surface area (Å²) in [5.41, 5.74) is 16.1. The van der Waals surface area contributed by atoms with E-state index in [9.17, 15) is 0 Å². The highest BCUT2D eigenvalue weighted by molar-refractivity contribution is 6.88. The van der Waals surface area contributed by atoms with Crippen LogP contribution in [-0.4, -0.2) is 14.0 Å². The summed E-state index contributed by atoms with van der Waals surface area (Å²) in [6, 6.07) is 56.2. The molecular weight excluding hydrogens is 653 g/mol. The van der Waals surface area contributed by atoms with E-state index in [2.05, 4.69) is 153 Å². The van der Waals surface area contributed by atoms with E-state index in [4.69, 9.17) is 23.2 Å². The summed E-state index contributed by atoms with van der Waals surface area (Å²) < 4.78 is 0. The number of para-hydroxylation sites is 4. The van der Waals surface area contributed by atoms with Crippen LogP contribution in [-0.2, 0) is 0 Å². The molecule has 4 aliphatic rings. The van der Waals surface area contributed by atoms with Gasteiger partial charge in [-0.25, -0.2) is 0 Å². The Morgan fingerprint density at radius 1 is 0.300 bits per heavy atom. The first kappa shape index (κ1) is 28.3. The van der Waals surface area contributed by atoms with Crippen molar-refractivity contribution in [3.05, 3.63) is 168 Å². The van der Waals surface area contributed by atoms with Crippen LogP contribution in [0.3, 0.4) is 0 Å².